The maximum Gasteiger partial charge on any atom is 0.240 e. The van der Waals surface area contributed by atoms with Crippen molar-refractivity contribution in [1.29, 1.82) is 0 Å². The van der Waals surface area contributed by atoms with Crippen LogP contribution in [-0.2, 0) is 10.0 Å². The monoisotopic (exact) mass is 447 g/mol. The molecule has 1 aromatic carbocycles. The Balaban J connectivity index is 3.00. The first kappa shape index (κ1) is 23.6. The predicted octanol–water partition coefficient (Wildman–Crippen LogP) is 4.86. The molecule has 0 amide bonds. The number of halogens is 1. The summed E-state index contributed by atoms with van der Waals surface area (Å²) in [7, 11) is -3.62. The molecule has 0 radical (unpaired) electrons. The first-order valence-electron chi connectivity index (χ1n) is 9.57. The van der Waals surface area contributed by atoms with Gasteiger partial charge in [0.05, 0.1) is 10.5 Å². The minimum atomic E-state index is -3.62. The van der Waals surface area contributed by atoms with Gasteiger partial charge in [0.2, 0.25) is 10.0 Å². The van der Waals surface area contributed by atoms with Crippen LogP contribution < -0.4 is 4.72 Å². The Bertz CT molecular complexity index is 619. The van der Waals surface area contributed by atoms with E-state index in [2.05, 4.69) is 34.5 Å². The van der Waals surface area contributed by atoms with Crippen molar-refractivity contribution in [2.75, 3.05) is 0 Å². The van der Waals surface area contributed by atoms with Crippen LogP contribution in [-0.4, -0.2) is 30.0 Å². The highest BCUT2D eigenvalue weighted by molar-refractivity contribution is 9.09. The number of nitrogens with one attached hydrogen (secondary N) is 1. The molecule has 1 rings (SSSR count). The van der Waals surface area contributed by atoms with Crippen molar-refractivity contribution in [3.05, 3.63) is 30.3 Å². The molecule has 0 fully saturated rings. The zero-order chi connectivity index (χ0) is 19.8. The molecule has 0 aliphatic heterocycles. The minimum Gasteiger partial charge on any atom is -0.390 e. The third kappa shape index (κ3) is 7.29. The zero-order valence-electron chi connectivity index (χ0n) is 16.4. The van der Waals surface area contributed by atoms with E-state index in [4.69, 9.17) is 0 Å². The van der Waals surface area contributed by atoms with Crippen molar-refractivity contribution in [2.45, 2.75) is 87.6 Å². The molecule has 0 heterocycles. The molecule has 0 saturated carbocycles. The highest BCUT2D eigenvalue weighted by Gasteiger charge is 2.36. The van der Waals surface area contributed by atoms with Crippen LogP contribution in [0, 0.1) is 5.92 Å². The van der Waals surface area contributed by atoms with Gasteiger partial charge >= 0.3 is 0 Å². The SMILES string of the molecule is CCCC[C@](C)(O)[C@@H](C)C(CCC(Br)CC)NS(=O)(=O)c1ccccc1. The molecule has 2 unspecified atom stereocenters. The Labute approximate surface area is 168 Å². The van der Waals surface area contributed by atoms with Crippen molar-refractivity contribution >= 4 is 26.0 Å². The Hall–Kier alpha value is -0.430. The van der Waals surface area contributed by atoms with Gasteiger partial charge in [0.25, 0.3) is 0 Å². The fourth-order valence-electron chi connectivity index (χ4n) is 3.04. The van der Waals surface area contributed by atoms with Gasteiger partial charge in [0.1, 0.15) is 0 Å². The topological polar surface area (TPSA) is 66.4 Å². The molecule has 2 N–H and O–H groups in total. The van der Waals surface area contributed by atoms with Crippen molar-refractivity contribution in [3.63, 3.8) is 0 Å². The second-order valence-corrected chi connectivity index (χ2v) is 10.4. The number of hydrogen-bond acceptors (Lipinski definition) is 3. The second-order valence-electron chi connectivity index (χ2n) is 7.37. The van der Waals surface area contributed by atoms with E-state index in [9.17, 15) is 13.5 Å². The van der Waals surface area contributed by atoms with Gasteiger partial charge in [-0.3, -0.25) is 0 Å². The van der Waals surface area contributed by atoms with Crippen LogP contribution in [0.1, 0.15) is 66.2 Å². The summed E-state index contributed by atoms with van der Waals surface area (Å²) in [5, 5.41) is 10.9. The summed E-state index contributed by atoms with van der Waals surface area (Å²) >= 11 is 3.63. The number of unbranched alkanes of at least 4 members (excludes halogenated alkanes) is 1. The Morgan fingerprint density at radius 1 is 1.19 bits per heavy atom. The maximum absolute atomic E-state index is 12.8. The molecule has 0 aliphatic rings. The molecule has 0 saturated heterocycles. The Morgan fingerprint density at radius 3 is 2.35 bits per heavy atom. The maximum atomic E-state index is 12.8. The summed E-state index contributed by atoms with van der Waals surface area (Å²) in [5.41, 5.74) is -0.909. The van der Waals surface area contributed by atoms with Crippen LogP contribution in [0.4, 0.5) is 0 Å². The van der Waals surface area contributed by atoms with Gasteiger partial charge in [-0.25, -0.2) is 13.1 Å². The summed E-state index contributed by atoms with van der Waals surface area (Å²) in [6.07, 6.45) is 5.11. The molecule has 150 valence electrons. The van der Waals surface area contributed by atoms with Crippen molar-refractivity contribution < 1.29 is 13.5 Å². The largest absolute Gasteiger partial charge is 0.390 e. The number of benzene rings is 1. The van der Waals surface area contributed by atoms with Gasteiger partial charge in [-0.1, -0.05) is 67.7 Å². The summed E-state index contributed by atoms with van der Waals surface area (Å²) in [4.78, 5) is 0.607. The second kappa shape index (κ2) is 10.8. The van der Waals surface area contributed by atoms with Gasteiger partial charge in [-0.2, -0.15) is 0 Å². The molecule has 6 heteroatoms. The van der Waals surface area contributed by atoms with E-state index in [1.807, 2.05) is 13.8 Å². The van der Waals surface area contributed by atoms with E-state index in [-0.39, 0.29) is 16.9 Å². The molecule has 1 aromatic rings. The molecule has 0 spiro atoms. The number of aliphatic hydroxyl groups is 1. The normalized spacial score (nSPS) is 18.1. The molecular formula is C20H34BrNO3S. The number of hydrogen-bond donors (Lipinski definition) is 2. The van der Waals surface area contributed by atoms with Crippen LogP contribution >= 0.6 is 15.9 Å². The lowest BCUT2D eigenvalue weighted by Crippen LogP contribution is -2.48. The van der Waals surface area contributed by atoms with Gasteiger partial charge in [0, 0.05) is 16.8 Å². The molecule has 4 nitrogen and oxygen atoms in total. The van der Waals surface area contributed by atoms with E-state index in [0.29, 0.717) is 17.7 Å². The van der Waals surface area contributed by atoms with Gasteiger partial charge in [-0.05, 0) is 44.7 Å². The van der Waals surface area contributed by atoms with Crippen molar-refractivity contribution in [3.8, 4) is 0 Å². The number of alkyl halides is 1. The van der Waals surface area contributed by atoms with Crippen molar-refractivity contribution in [1.82, 2.24) is 4.72 Å². The lowest BCUT2D eigenvalue weighted by molar-refractivity contribution is -0.0167. The third-order valence-corrected chi connectivity index (χ3v) is 7.83. The van der Waals surface area contributed by atoms with E-state index in [1.54, 1.807) is 30.3 Å². The van der Waals surface area contributed by atoms with Gasteiger partial charge in [0.15, 0.2) is 0 Å². The van der Waals surface area contributed by atoms with E-state index < -0.39 is 15.6 Å². The van der Waals surface area contributed by atoms with E-state index in [0.717, 1.165) is 25.7 Å². The molecular weight excluding hydrogens is 414 g/mol. The third-order valence-electron chi connectivity index (χ3n) is 5.21. The van der Waals surface area contributed by atoms with Crippen molar-refractivity contribution in [2.24, 2.45) is 5.92 Å². The van der Waals surface area contributed by atoms with Crippen LogP contribution in [0.3, 0.4) is 0 Å². The quantitative estimate of drug-likeness (QED) is 0.449. The van der Waals surface area contributed by atoms with Crippen LogP contribution in [0.15, 0.2) is 35.2 Å². The summed E-state index contributed by atoms with van der Waals surface area (Å²) in [6, 6.07) is 8.10. The van der Waals surface area contributed by atoms with Crippen LogP contribution in [0.2, 0.25) is 0 Å². The number of sulfonamides is 1. The predicted molar refractivity (Wildman–Crippen MR) is 112 cm³/mol. The molecule has 0 aliphatic carbocycles. The average molecular weight is 448 g/mol. The standard InChI is InChI=1S/C20H34BrNO3S/c1-5-7-15-20(4,23)16(3)19(14-13-17(21)6-2)22-26(24,25)18-11-9-8-10-12-18/h8-12,16-17,19,22-23H,5-7,13-15H2,1-4H3/t16-,17?,19?,20-/m0/s1. The summed E-state index contributed by atoms with van der Waals surface area (Å²) < 4.78 is 28.5. The highest BCUT2D eigenvalue weighted by atomic mass is 79.9. The lowest BCUT2D eigenvalue weighted by Gasteiger charge is -2.37. The average Bonchev–Trinajstić information content (AvgIpc) is 2.63. The number of rotatable bonds is 12. The fraction of sp³-hybridized carbons (Fsp3) is 0.700. The lowest BCUT2D eigenvalue weighted by atomic mass is 9.80. The van der Waals surface area contributed by atoms with Crippen LogP contribution in [0.25, 0.3) is 0 Å². The summed E-state index contributed by atoms with van der Waals surface area (Å²) in [6.45, 7) is 7.96. The Morgan fingerprint density at radius 2 is 1.81 bits per heavy atom. The molecule has 0 aromatic heterocycles. The summed E-state index contributed by atoms with van der Waals surface area (Å²) in [5.74, 6) is -0.191. The highest BCUT2D eigenvalue weighted by Crippen LogP contribution is 2.30. The fourth-order valence-corrected chi connectivity index (χ4v) is 4.67. The van der Waals surface area contributed by atoms with Gasteiger partial charge < -0.3 is 5.11 Å². The van der Waals surface area contributed by atoms with E-state index >= 15 is 0 Å². The first-order valence-corrected chi connectivity index (χ1v) is 12.0. The zero-order valence-corrected chi connectivity index (χ0v) is 18.8. The van der Waals surface area contributed by atoms with Gasteiger partial charge in [-0.15, -0.1) is 0 Å². The van der Waals surface area contributed by atoms with E-state index in [1.165, 1.54) is 0 Å². The molecule has 4 atom stereocenters. The first-order chi connectivity index (χ1) is 12.1. The molecule has 0 bridgehead atoms. The minimum absolute atomic E-state index is 0.191. The Kier molecular flexibility index (Phi) is 9.80. The smallest absolute Gasteiger partial charge is 0.240 e. The van der Waals surface area contributed by atoms with Crippen LogP contribution in [0.5, 0.6) is 0 Å². The molecule has 26 heavy (non-hydrogen) atoms.